The van der Waals surface area contributed by atoms with Gasteiger partial charge in [0.15, 0.2) is 0 Å². The molecule has 5 heteroatoms. The maximum atomic E-state index is 11.9. The van der Waals surface area contributed by atoms with Gasteiger partial charge in [0.1, 0.15) is 11.5 Å². The third kappa shape index (κ3) is 2.65. The number of imidazole rings is 1. The number of rotatable bonds is 4. The van der Waals surface area contributed by atoms with Gasteiger partial charge in [-0.2, -0.15) is 0 Å². The Morgan fingerprint density at radius 1 is 1.48 bits per heavy atom. The van der Waals surface area contributed by atoms with Crippen molar-refractivity contribution in [3.8, 4) is 0 Å². The zero-order valence-electron chi connectivity index (χ0n) is 12.6. The van der Waals surface area contributed by atoms with E-state index in [-0.39, 0.29) is 5.97 Å². The number of pyridine rings is 1. The summed E-state index contributed by atoms with van der Waals surface area (Å²) in [5.74, 6) is 1.25. The third-order valence-electron chi connectivity index (χ3n) is 4.31. The summed E-state index contributed by atoms with van der Waals surface area (Å²) < 4.78 is 6.81. The summed E-state index contributed by atoms with van der Waals surface area (Å²) in [6.07, 6.45) is 3.93. The van der Waals surface area contributed by atoms with E-state index >= 15 is 0 Å². The average Bonchev–Trinajstić information content (AvgIpc) is 3.14. The first-order valence-electron chi connectivity index (χ1n) is 7.49. The van der Waals surface area contributed by atoms with Crippen LogP contribution in [0, 0.1) is 5.92 Å². The highest BCUT2D eigenvalue weighted by Crippen LogP contribution is 2.21. The second-order valence-electron chi connectivity index (χ2n) is 5.59. The highest BCUT2D eigenvalue weighted by molar-refractivity contribution is 5.88. The van der Waals surface area contributed by atoms with Gasteiger partial charge in [-0.15, -0.1) is 0 Å². The summed E-state index contributed by atoms with van der Waals surface area (Å²) in [6, 6.07) is 5.62. The topological polar surface area (TPSA) is 46.8 Å². The fraction of sp³-hybridized carbons (Fsp3) is 0.500. The van der Waals surface area contributed by atoms with Crippen LogP contribution in [-0.4, -0.2) is 47.0 Å². The van der Waals surface area contributed by atoms with E-state index in [1.807, 2.05) is 22.7 Å². The minimum atomic E-state index is -0.318. The largest absolute Gasteiger partial charge is 0.464 e. The smallest absolute Gasteiger partial charge is 0.355 e. The van der Waals surface area contributed by atoms with E-state index in [0.717, 1.165) is 37.4 Å². The van der Waals surface area contributed by atoms with Crippen molar-refractivity contribution in [3.05, 3.63) is 35.9 Å². The molecule has 2 aromatic heterocycles. The van der Waals surface area contributed by atoms with Gasteiger partial charge in [-0.1, -0.05) is 13.0 Å². The number of carbonyl (C=O) groups excluding carboxylic acids is 1. The van der Waals surface area contributed by atoms with Gasteiger partial charge in [0.05, 0.1) is 18.8 Å². The Hall–Kier alpha value is -1.88. The van der Waals surface area contributed by atoms with E-state index in [9.17, 15) is 4.79 Å². The third-order valence-corrected chi connectivity index (χ3v) is 4.31. The van der Waals surface area contributed by atoms with Crippen LogP contribution in [0.1, 0.15) is 29.7 Å². The van der Waals surface area contributed by atoms with Crippen LogP contribution in [0.25, 0.3) is 5.52 Å². The predicted molar refractivity (Wildman–Crippen MR) is 80.5 cm³/mol. The first-order valence-corrected chi connectivity index (χ1v) is 7.49. The van der Waals surface area contributed by atoms with Crippen molar-refractivity contribution < 1.29 is 9.53 Å². The van der Waals surface area contributed by atoms with E-state index in [1.165, 1.54) is 13.5 Å². The molecule has 5 nitrogen and oxygen atoms in total. The number of aromatic nitrogens is 2. The zero-order chi connectivity index (χ0) is 14.8. The van der Waals surface area contributed by atoms with E-state index < -0.39 is 0 Å². The monoisotopic (exact) mass is 287 g/mol. The Morgan fingerprint density at radius 2 is 2.33 bits per heavy atom. The highest BCUT2D eigenvalue weighted by Gasteiger charge is 2.24. The normalized spacial score (nSPS) is 19.2. The summed E-state index contributed by atoms with van der Waals surface area (Å²) in [6.45, 7) is 5.58. The van der Waals surface area contributed by atoms with Gasteiger partial charge in [0.2, 0.25) is 0 Å². The Labute approximate surface area is 124 Å². The van der Waals surface area contributed by atoms with E-state index in [0.29, 0.717) is 11.6 Å². The fourth-order valence-electron chi connectivity index (χ4n) is 3.15. The number of nitrogens with zero attached hydrogens (tertiary/aromatic N) is 3. The molecule has 0 N–H and O–H groups in total. The summed E-state index contributed by atoms with van der Waals surface area (Å²) in [4.78, 5) is 18.9. The lowest BCUT2D eigenvalue weighted by Crippen LogP contribution is -2.21. The molecule has 1 aliphatic rings. The molecule has 0 amide bonds. The number of likely N-dealkylation sites (tertiary alicyclic amines) is 1. The Kier molecular flexibility index (Phi) is 3.92. The number of esters is 1. The molecule has 0 aromatic carbocycles. The van der Waals surface area contributed by atoms with E-state index in [2.05, 4.69) is 16.8 Å². The van der Waals surface area contributed by atoms with Crippen LogP contribution < -0.4 is 0 Å². The summed E-state index contributed by atoms with van der Waals surface area (Å²) in [5.41, 5.74) is 1.49. The van der Waals surface area contributed by atoms with Gasteiger partial charge in [-0.3, -0.25) is 4.40 Å². The van der Waals surface area contributed by atoms with Crippen LogP contribution in [0.4, 0.5) is 0 Å². The quantitative estimate of drug-likeness (QED) is 0.807. The molecule has 1 unspecified atom stereocenters. The molecule has 112 valence electrons. The molecule has 21 heavy (non-hydrogen) atoms. The van der Waals surface area contributed by atoms with Gasteiger partial charge in [0, 0.05) is 13.0 Å². The van der Waals surface area contributed by atoms with E-state index in [1.54, 1.807) is 6.07 Å². The number of methoxy groups -OCH3 is 1. The van der Waals surface area contributed by atoms with Crippen molar-refractivity contribution in [2.45, 2.75) is 19.8 Å². The van der Waals surface area contributed by atoms with Gasteiger partial charge in [-0.25, -0.2) is 9.78 Å². The summed E-state index contributed by atoms with van der Waals surface area (Å²) >= 11 is 0. The Morgan fingerprint density at radius 3 is 3.05 bits per heavy atom. The molecule has 3 rings (SSSR count). The highest BCUT2D eigenvalue weighted by atomic mass is 16.5. The van der Waals surface area contributed by atoms with Crippen molar-refractivity contribution in [2.75, 3.05) is 26.7 Å². The molecule has 0 aliphatic carbocycles. The Balaban J connectivity index is 1.90. The number of fused-ring (bicyclic) bond motifs is 1. The molecule has 1 saturated heterocycles. The molecular formula is C16H21N3O2. The molecule has 1 aliphatic heterocycles. The van der Waals surface area contributed by atoms with Crippen molar-refractivity contribution in [2.24, 2.45) is 5.92 Å². The van der Waals surface area contributed by atoms with Crippen molar-refractivity contribution in [1.82, 2.24) is 14.3 Å². The lowest BCUT2D eigenvalue weighted by molar-refractivity contribution is 0.0592. The second kappa shape index (κ2) is 5.85. The zero-order valence-corrected chi connectivity index (χ0v) is 12.6. The first kappa shape index (κ1) is 14.1. The number of hydrogen-bond acceptors (Lipinski definition) is 4. The van der Waals surface area contributed by atoms with Crippen molar-refractivity contribution in [1.29, 1.82) is 0 Å². The molecule has 3 heterocycles. The van der Waals surface area contributed by atoms with E-state index in [4.69, 9.17) is 4.74 Å². The van der Waals surface area contributed by atoms with Crippen LogP contribution in [0.3, 0.4) is 0 Å². The van der Waals surface area contributed by atoms with Crippen molar-refractivity contribution >= 4 is 11.5 Å². The molecule has 0 spiro atoms. The standard InChI is InChI=1S/C16H21N3O2/c1-3-18-8-7-12(11-18)9-15-17-10-13-5-4-6-14(19(13)15)16(20)21-2/h4-6,10,12H,3,7-9,11H2,1-2H3. The van der Waals surface area contributed by atoms with Crippen LogP contribution in [-0.2, 0) is 11.2 Å². The lowest BCUT2D eigenvalue weighted by atomic mass is 10.0. The SMILES string of the molecule is CCN1CCC(Cc2ncc3cccc(C(=O)OC)n23)C1. The molecule has 0 radical (unpaired) electrons. The molecule has 1 atom stereocenters. The summed E-state index contributed by atoms with van der Waals surface area (Å²) in [5, 5.41) is 0. The van der Waals surface area contributed by atoms with Gasteiger partial charge < -0.3 is 9.64 Å². The van der Waals surface area contributed by atoms with Gasteiger partial charge in [-0.05, 0) is 37.6 Å². The maximum Gasteiger partial charge on any atom is 0.355 e. The first-order chi connectivity index (χ1) is 10.2. The number of ether oxygens (including phenoxy) is 1. The number of hydrogen-bond donors (Lipinski definition) is 0. The summed E-state index contributed by atoms with van der Waals surface area (Å²) in [7, 11) is 1.41. The molecule has 0 bridgehead atoms. The molecule has 1 fully saturated rings. The fourth-order valence-corrected chi connectivity index (χ4v) is 3.15. The van der Waals surface area contributed by atoms with Crippen LogP contribution in [0.2, 0.25) is 0 Å². The molecule has 2 aromatic rings. The maximum absolute atomic E-state index is 11.9. The predicted octanol–water partition coefficient (Wildman–Crippen LogP) is 2.01. The lowest BCUT2D eigenvalue weighted by Gasteiger charge is -2.13. The Bertz CT molecular complexity index is 650. The van der Waals surface area contributed by atoms with Crippen LogP contribution >= 0.6 is 0 Å². The number of carbonyl (C=O) groups is 1. The average molecular weight is 287 g/mol. The van der Waals surface area contributed by atoms with Crippen molar-refractivity contribution in [3.63, 3.8) is 0 Å². The molecular weight excluding hydrogens is 266 g/mol. The minimum absolute atomic E-state index is 0.318. The van der Waals surface area contributed by atoms with Gasteiger partial charge in [0.25, 0.3) is 0 Å². The molecule has 0 saturated carbocycles. The van der Waals surface area contributed by atoms with Gasteiger partial charge >= 0.3 is 5.97 Å². The second-order valence-corrected chi connectivity index (χ2v) is 5.59. The minimum Gasteiger partial charge on any atom is -0.464 e. The van der Waals surface area contributed by atoms with Crippen LogP contribution in [0.5, 0.6) is 0 Å². The van der Waals surface area contributed by atoms with Crippen LogP contribution in [0.15, 0.2) is 24.4 Å².